The van der Waals surface area contributed by atoms with Gasteiger partial charge in [-0.2, -0.15) is 0 Å². The summed E-state index contributed by atoms with van der Waals surface area (Å²) in [5, 5.41) is 4.15. The van der Waals surface area contributed by atoms with Crippen LogP contribution in [0.1, 0.15) is 18.1 Å². The van der Waals surface area contributed by atoms with Gasteiger partial charge in [-0.1, -0.05) is 23.7 Å². The van der Waals surface area contributed by atoms with Gasteiger partial charge in [0.05, 0.1) is 6.10 Å². The number of methoxy groups -OCH3 is 1. The van der Waals surface area contributed by atoms with E-state index < -0.39 is 0 Å². The van der Waals surface area contributed by atoms with Crippen LogP contribution >= 0.6 is 11.6 Å². The summed E-state index contributed by atoms with van der Waals surface area (Å²) in [5.41, 5.74) is 2.37. The Morgan fingerprint density at radius 2 is 2.20 bits per heavy atom. The third-order valence-electron chi connectivity index (χ3n) is 2.39. The third kappa shape index (κ3) is 4.20. The van der Waals surface area contributed by atoms with Gasteiger partial charge in [-0.3, -0.25) is 0 Å². The molecule has 84 valence electrons. The molecular formula is C12H18ClNO. The molecule has 15 heavy (non-hydrogen) atoms. The smallest absolute Gasteiger partial charge is 0.0667 e. The molecular weight excluding hydrogens is 210 g/mol. The lowest BCUT2D eigenvalue weighted by Gasteiger charge is -2.11. The molecule has 0 fully saturated rings. The lowest BCUT2D eigenvalue weighted by Crippen LogP contribution is -2.25. The molecule has 0 heterocycles. The fourth-order valence-electron chi connectivity index (χ4n) is 1.32. The number of hydrogen-bond acceptors (Lipinski definition) is 2. The van der Waals surface area contributed by atoms with E-state index in [1.807, 2.05) is 26.0 Å². The van der Waals surface area contributed by atoms with Gasteiger partial charge in [0, 0.05) is 25.2 Å². The lowest BCUT2D eigenvalue weighted by molar-refractivity contribution is 0.117. The maximum atomic E-state index is 5.95. The summed E-state index contributed by atoms with van der Waals surface area (Å²) >= 11 is 5.95. The summed E-state index contributed by atoms with van der Waals surface area (Å²) in [6.45, 7) is 5.77. The van der Waals surface area contributed by atoms with Crippen LogP contribution in [-0.2, 0) is 11.3 Å². The minimum Gasteiger partial charge on any atom is -0.380 e. The Kier molecular flexibility index (Phi) is 5.09. The van der Waals surface area contributed by atoms with Crippen molar-refractivity contribution in [3.8, 4) is 0 Å². The SMILES string of the molecule is COC(C)CNCc1ccc(Cl)c(C)c1. The summed E-state index contributed by atoms with van der Waals surface area (Å²) in [7, 11) is 1.72. The zero-order chi connectivity index (χ0) is 11.3. The number of nitrogens with one attached hydrogen (secondary N) is 1. The summed E-state index contributed by atoms with van der Waals surface area (Å²) in [6.07, 6.45) is 0.249. The maximum Gasteiger partial charge on any atom is 0.0667 e. The molecule has 1 aromatic rings. The second-order valence-corrected chi connectivity index (χ2v) is 4.17. The predicted octanol–water partition coefficient (Wildman–Crippen LogP) is 2.77. The van der Waals surface area contributed by atoms with Crippen molar-refractivity contribution in [1.29, 1.82) is 0 Å². The molecule has 0 saturated carbocycles. The molecule has 3 heteroatoms. The van der Waals surface area contributed by atoms with Crippen molar-refractivity contribution in [3.05, 3.63) is 34.3 Å². The van der Waals surface area contributed by atoms with Gasteiger partial charge in [0.15, 0.2) is 0 Å². The van der Waals surface area contributed by atoms with Crippen LogP contribution in [0.15, 0.2) is 18.2 Å². The summed E-state index contributed by atoms with van der Waals surface area (Å²) in [5.74, 6) is 0. The minimum atomic E-state index is 0.249. The van der Waals surface area contributed by atoms with E-state index in [-0.39, 0.29) is 6.10 Å². The lowest BCUT2D eigenvalue weighted by atomic mass is 10.1. The van der Waals surface area contributed by atoms with Gasteiger partial charge in [0.1, 0.15) is 0 Å². The Bertz CT molecular complexity index is 314. The van der Waals surface area contributed by atoms with Gasteiger partial charge in [-0.05, 0) is 31.0 Å². The Morgan fingerprint density at radius 1 is 1.47 bits per heavy atom. The van der Waals surface area contributed by atoms with Crippen molar-refractivity contribution in [1.82, 2.24) is 5.32 Å². The zero-order valence-electron chi connectivity index (χ0n) is 9.51. The van der Waals surface area contributed by atoms with Crippen LogP contribution in [0.25, 0.3) is 0 Å². The Balaban J connectivity index is 2.41. The van der Waals surface area contributed by atoms with E-state index in [9.17, 15) is 0 Å². The molecule has 0 amide bonds. The molecule has 0 radical (unpaired) electrons. The van der Waals surface area contributed by atoms with Crippen molar-refractivity contribution in [2.24, 2.45) is 0 Å². The standard InChI is InChI=1S/C12H18ClNO/c1-9-6-11(4-5-12(9)13)8-14-7-10(2)15-3/h4-6,10,14H,7-8H2,1-3H3. The van der Waals surface area contributed by atoms with E-state index in [4.69, 9.17) is 16.3 Å². The van der Waals surface area contributed by atoms with E-state index in [0.29, 0.717) is 0 Å². The molecule has 0 saturated heterocycles. The normalized spacial score (nSPS) is 12.8. The Morgan fingerprint density at radius 3 is 2.80 bits per heavy atom. The van der Waals surface area contributed by atoms with Crippen LogP contribution in [-0.4, -0.2) is 19.8 Å². The van der Waals surface area contributed by atoms with Crippen molar-refractivity contribution < 1.29 is 4.74 Å². The average Bonchev–Trinajstić information content (AvgIpc) is 2.23. The number of halogens is 1. The molecule has 1 unspecified atom stereocenters. The first-order chi connectivity index (χ1) is 7.13. The number of ether oxygens (including phenoxy) is 1. The molecule has 1 rings (SSSR count). The van der Waals surface area contributed by atoms with E-state index in [0.717, 1.165) is 23.7 Å². The first kappa shape index (κ1) is 12.5. The monoisotopic (exact) mass is 227 g/mol. The fraction of sp³-hybridized carbons (Fsp3) is 0.500. The van der Waals surface area contributed by atoms with E-state index >= 15 is 0 Å². The van der Waals surface area contributed by atoms with Gasteiger partial charge in [-0.15, -0.1) is 0 Å². The number of rotatable bonds is 5. The van der Waals surface area contributed by atoms with Gasteiger partial charge in [-0.25, -0.2) is 0 Å². The number of aryl methyl sites for hydroxylation is 1. The average molecular weight is 228 g/mol. The Hall–Kier alpha value is -0.570. The van der Waals surface area contributed by atoms with E-state index in [2.05, 4.69) is 11.4 Å². The first-order valence-corrected chi connectivity index (χ1v) is 5.50. The highest BCUT2D eigenvalue weighted by Gasteiger charge is 2.00. The van der Waals surface area contributed by atoms with Crippen LogP contribution in [0.3, 0.4) is 0 Å². The summed E-state index contributed by atoms with van der Waals surface area (Å²) in [4.78, 5) is 0. The number of hydrogen-bond donors (Lipinski definition) is 1. The van der Waals surface area contributed by atoms with Crippen LogP contribution in [0.4, 0.5) is 0 Å². The van der Waals surface area contributed by atoms with Crippen LogP contribution in [0, 0.1) is 6.92 Å². The molecule has 2 nitrogen and oxygen atoms in total. The second kappa shape index (κ2) is 6.11. The molecule has 0 aliphatic rings. The third-order valence-corrected chi connectivity index (χ3v) is 2.81. The fourth-order valence-corrected chi connectivity index (χ4v) is 1.44. The Labute approximate surface area is 96.6 Å². The maximum absolute atomic E-state index is 5.95. The van der Waals surface area contributed by atoms with Gasteiger partial charge < -0.3 is 10.1 Å². The topological polar surface area (TPSA) is 21.3 Å². The van der Waals surface area contributed by atoms with E-state index in [1.165, 1.54) is 5.56 Å². The molecule has 0 aliphatic heterocycles. The molecule has 1 aromatic carbocycles. The van der Waals surface area contributed by atoms with Gasteiger partial charge in [0.25, 0.3) is 0 Å². The van der Waals surface area contributed by atoms with Crippen molar-refractivity contribution in [2.45, 2.75) is 26.5 Å². The largest absolute Gasteiger partial charge is 0.380 e. The van der Waals surface area contributed by atoms with Crippen LogP contribution in [0.5, 0.6) is 0 Å². The highest BCUT2D eigenvalue weighted by molar-refractivity contribution is 6.31. The molecule has 0 spiro atoms. The minimum absolute atomic E-state index is 0.249. The molecule has 0 aromatic heterocycles. The molecule has 0 aliphatic carbocycles. The summed E-state index contributed by atoms with van der Waals surface area (Å²) in [6, 6.07) is 6.08. The van der Waals surface area contributed by atoms with E-state index in [1.54, 1.807) is 7.11 Å². The van der Waals surface area contributed by atoms with Gasteiger partial charge in [0.2, 0.25) is 0 Å². The van der Waals surface area contributed by atoms with Crippen molar-refractivity contribution in [2.75, 3.05) is 13.7 Å². The molecule has 1 atom stereocenters. The van der Waals surface area contributed by atoms with Gasteiger partial charge >= 0.3 is 0 Å². The predicted molar refractivity (Wildman–Crippen MR) is 64.4 cm³/mol. The van der Waals surface area contributed by atoms with Crippen LogP contribution in [0.2, 0.25) is 5.02 Å². The molecule has 1 N–H and O–H groups in total. The summed E-state index contributed by atoms with van der Waals surface area (Å²) < 4.78 is 5.15. The zero-order valence-corrected chi connectivity index (χ0v) is 10.3. The molecule has 0 bridgehead atoms. The highest BCUT2D eigenvalue weighted by atomic mass is 35.5. The van der Waals surface area contributed by atoms with Crippen molar-refractivity contribution >= 4 is 11.6 Å². The first-order valence-electron chi connectivity index (χ1n) is 5.12. The number of benzene rings is 1. The van der Waals surface area contributed by atoms with Crippen LogP contribution < -0.4 is 5.32 Å². The quantitative estimate of drug-likeness (QED) is 0.835. The second-order valence-electron chi connectivity index (χ2n) is 3.76. The van der Waals surface area contributed by atoms with Crippen molar-refractivity contribution in [3.63, 3.8) is 0 Å². The highest BCUT2D eigenvalue weighted by Crippen LogP contribution is 2.15.